The first kappa shape index (κ1) is 21.7. The molecule has 1 unspecified atom stereocenters. The highest BCUT2D eigenvalue weighted by Crippen LogP contribution is 2.20. The molecule has 156 valence electrons. The van der Waals surface area contributed by atoms with Gasteiger partial charge in [-0.3, -0.25) is 4.79 Å². The number of aryl methyl sites for hydroxylation is 1. The molecule has 3 aromatic rings. The molecule has 3 rings (SSSR count). The predicted molar refractivity (Wildman–Crippen MR) is 117 cm³/mol. The van der Waals surface area contributed by atoms with Crippen LogP contribution in [0.3, 0.4) is 0 Å². The number of nitrogens with one attached hydrogen (secondary N) is 1. The first-order valence-corrected chi connectivity index (χ1v) is 11.3. The van der Waals surface area contributed by atoms with E-state index in [2.05, 4.69) is 5.32 Å². The average Bonchev–Trinajstić information content (AvgIpc) is 2.71. The largest absolute Gasteiger partial charge is 0.322 e. The molecule has 4 nitrogen and oxygen atoms in total. The van der Waals surface area contributed by atoms with Crippen LogP contribution in [0.15, 0.2) is 77.7 Å². The van der Waals surface area contributed by atoms with E-state index in [1.165, 1.54) is 30.3 Å². The van der Waals surface area contributed by atoms with Gasteiger partial charge in [0.15, 0.2) is 9.84 Å². The van der Waals surface area contributed by atoms with Crippen molar-refractivity contribution in [1.29, 1.82) is 0 Å². The summed E-state index contributed by atoms with van der Waals surface area (Å²) < 4.78 is 39.2. The zero-order valence-corrected chi connectivity index (χ0v) is 17.7. The molecule has 6 heteroatoms. The molecule has 0 aliphatic heterocycles. The molecule has 0 aliphatic rings. The highest BCUT2D eigenvalue weighted by molar-refractivity contribution is 7.91. The van der Waals surface area contributed by atoms with Crippen LogP contribution in [0.1, 0.15) is 28.4 Å². The molecule has 0 saturated heterocycles. The van der Waals surface area contributed by atoms with Gasteiger partial charge in [0.05, 0.1) is 10.6 Å². The molecule has 30 heavy (non-hydrogen) atoms. The lowest BCUT2D eigenvalue weighted by molar-refractivity contribution is 0.102. The standard InChI is InChI=1S/C24H24FNO3S/c1-17(13-19-7-4-3-5-8-19)16-30(28,29)22-10-6-9-20(15-22)24(27)26-21-11-12-23(25)18(2)14-21/h3-12,14-15,17H,13,16H2,1-2H3,(H,26,27). The van der Waals surface area contributed by atoms with Gasteiger partial charge >= 0.3 is 0 Å². The Balaban J connectivity index is 1.72. The van der Waals surface area contributed by atoms with E-state index in [1.807, 2.05) is 37.3 Å². The number of rotatable bonds is 7. The third kappa shape index (κ3) is 5.54. The van der Waals surface area contributed by atoms with Gasteiger partial charge in [0.2, 0.25) is 0 Å². The second-order valence-electron chi connectivity index (χ2n) is 7.52. The van der Waals surface area contributed by atoms with E-state index < -0.39 is 15.7 Å². The summed E-state index contributed by atoms with van der Waals surface area (Å²) in [4.78, 5) is 12.7. The molecule has 0 spiro atoms. The second-order valence-corrected chi connectivity index (χ2v) is 9.56. The van der Waals surface area contributed by atoms with E-state index >= 15 is 0 Å². The molecule has 0 saturated carbocycles. The number of carbonyl (C=O) groups excluding carboxylic acids is 1. The van der Waals surface area contributed by atoms with Crippen molar-refractivity contribution in [1.82, 2.24) is 0 Å². The van der Waals surface area contributed by atoms with Crippen LogP contribution in [-0.4, -0.2) is 20.1 Å². The van der Waals surface area contributed by atoms with Gasteiger partial charge < -0.3 is 5.32 Å². The molecular weight excluding hydrogens is 401 g/mol. The number of halogens is 1. The summed E-state index contributed by atoms with van der Waals surface area (Å²) in [6.07, 6.45) is 0.657. The number of anilines is 1. The molecule has 1 amide bonds. The lowest BCUT2D eigenvalue weighted by atomic mass is 10.0. The average molecular weight is 426 g/mol. The Kier molecular flexibility index (Phi) is 6.67. The highest BCUT2D eigenvalue weighted by atomic mass is 32.2. The van der Waals surface area contributed by atoms with Gasteiger partial charge in [-0.05, 0) is 66.8 Å². The maximum Gasteiger partial charge on any atom is 0.255 e. The second kappa shape index (κ2) is 9.22. The number of hydrogen-bond donors (Lipinski definition) is 1. The van der Waals surface area contributed by atoms with Gasteiger partial charge in [-0.15, -0.1) is 0 Å². The van der Waals surface area contributed by atoms with Crippen molar-refractivity contribution >= 4 is 21.4 Å². The molecule has 0 heterocycles. The van der Waals surface area contributed by atoms with Crippen molar-refractivity contribution in [3.8, 4) is 0 Å². The first-order valence-electron chi connectivity index (χ1n) is 9.69. The number of amides is 1. The molecule has 0 aliphatic carbocycles. The topological polar surface area (TPSA) is 63.2 Å². The summed E-state index contributed by atoms with van der Waals surface area (Å²) in [6, 6.07) is 20.0. The summed E-state index contributed by atoms with van der Waals surface area (Å²) in [5.41, 5.74) is 2.18. The zero-order chi connectivity index (χ0) is 21.7. The van der Waals surface area contributed by atoms with Crippen molar-refractivity contribution in [2.75, 3.05) is 11.1 Å². The zero-order valence-electron chi connectivity index (χ0n) is 16.9. The van der Waals surface area contributed by atoms with Crippen molar-refractivity contribution in [2.45, 2.75) is 25.2 Å². The van der Waals surface area contributed by atoms with E-state index in [0.717, 1.165) is 5.56 Å². The van der Waals surface area contributed by atoms with E-state index in [4.69, 9.17) is 0 Å². The summed E-state index contributed by atoms with van der Waals surface area (Å²) in [6.45, 7) is 3.51. The van der Waals surface area contributed by atoms with Crippen LogP contribution in [0.5, 0.6) is 0 Å². The molecule has 0 radical (unpaired) electrons. The van der Waals surface area contributed by atoms with Crippen molar-refractivity contribution < 1.29 is 17.6 Å². The van der Waals surface area contributed by atoms with Gasteiger partial charge in [-0.1, -0.05) is 43.3 Å². The Morgan fingerprint density at radius 3 is 2.43 bits per heavy atom. The quantitative estimate of drug-likeness (QED) is 0.577. The Morgan fingerprint density at radius 2 is 1.73 bits per heavy atom. The number of sulfone groups is 1. The molecule has 1 N–H and O–H groups in total. The summed E-state index contributed by atoms with van der Waals surface area (Å²) in [5.74, 6) is -0.886. The number of hydrogen-bond acceptors (Lipinski definition) is 3. The van der Waals surface area contributed by atoms with Crippen LogP contribution in [0.2, 0.25) is 0 Å². The minimum Gasteiger partial charge on any atom is -0.322 e. The summed E-state index contributed by atoms with van der Waals surface area (Å²) >= 11 is 0. The monoisotopic (exact) mass is 425 g/mol. The minimum absolute atomic E-state index is 0.00980. The van der Waals surface area contributed by atoms with E-state index in [1.54, 1.807) is 19.1 Å². The van der Waals surface area contributed by atoms with Crippen molar-refractivity contribution in [2.24, 2.45) is 5.92 Å². The normalized spacial score (nSPS) is 12.4. The van der Waals surface area contributed by atoms with E-state index in [-0.39, 0.29) is 27.9 Å². The fourth-order valence-corrected chi connectivity index (χ4v) is 4.95. The SMILES string of the molecule is Cc1cc(NC(=O)c2cccc(S(=O)(=O)CC(C)Cc3ccccc3)c2)ccc1F. The van der Waals surface area contributed by atoms with Gasteiger partial charge in [-0.2, -0.15) is 0 Å². The van der Waals surface area contributed by atoms with Gasteiger partial charge in [-0.25, -0.2) is 12.8 Å². The number of benzene rings is 3. The minimum atomic E-state index is -3.55. The molecular formula is C24H24FNO3S. The van der Waals surface area contributed by atoms with E-state index in [9.17, 15) is 17.6 Å². The van der Waals surface area contributed by atoms with Crippen LogP contribution in [0.4, 0.5) is 10.1 Å². The third-order valence-corrected chi connectivity index (χ3v) is 6.78. The van der Waals surface area contributed by atoms with Crippen LogP contribution >= 0.6 is 0 Å². The molecule has 0 bridgehead atoms. The fraction of sp³-hybridized carbons (Fsp3) is 0.208. The lowest BCUT2D eigenvalue weighted by Crippen LogP contribution is -2.17. The molecule has 0 fully saturated rings. The molecule has 1 atom stereocenters. The predicted octanol–water partition coefficient (Wildman–Crippen LogP) is 5.04. The smallest absolute Gasteiger partial charge is 0.255 e. The Hall–Kier alpha value is -2.99. The maximum absolute atomic E-state index is 13.4. The van der Waals surface area contributed by atoms with Crippen molar-refractivity contribution in [3.05, 3.63) is 95.3 Å². The molecule has 0 aromatic heterocycles. The number of carbonyl (C=O) groups is 1. The Labute approximate surface area is 176 Å². The van der Waals surface area contributed by atoms with Crippen LogP contribution in [-0.2, 0) is 16.3 Å². The Bertz CT molecular complexity index is 1140. The summed E-state index contributed by atoms with van der Waals surface area (Å²) in [5, 5.41) is 2.68. The fourth-order valence-electron chi connectivity index (χ4n) is 3.30. The lowest BCUT2D eigenvalue weighted by Gasteiger charge is -2.13. The van der Waals surface area contributed by atoms with Crippen LogP contribution < -0.4 is 5.32 Å². The molecule has 3 aromatic carbocycles. The Morgan fingerprint density at radius 1 is 1.00 bits per heavy atom. The van der Waals surface area contributed by atoms with Gasteiger partial charge in [0.1, 0.15) is 5.82 Å². The van der Waals surface area contributed by atoms with Crippen LogP contribution in [0, 0.1) is 18.7 Å². The van der Waals surface area contributed by atoms with Crippen LogP contribution in [0.25, 0.3) is 0 Å². The van der Waals surface area contributed by atoms with Gasteiger partial charge in [0, 0.05) is 11.3 Å². The highest BCUT2D eigenvalue weighted by Gasteiger charge is 2.20. The first-order chi connectivity index (χ1) is 14.2. The van der Waals surface area contributed by atoms with Gasteiger partial charge in [0.25, 0.3) is 5.91 Å². The van der Waals surface area contributed by atoms with E-state index in [0.29, 0.717) is 17.7 Å². The third-order valence-electron chi connectivity index (χ3n) is 4.80. The van der Waals surface area contributed by atoms with Crippen molar-refractivity contribution in [3.63, 3.8) is 0 Å². The maximum atomic E-state index is 13.4. The summed E-state index contributed by atoms with van der Waals surface area (Å²) in [7, 11) is -3.55.